The van der Waals surface area contributed by atoms with Crippen molar-refractivity contribution in [1.82, 2.24) is 10.6 Å². The lowest BCUT2D eigenvalue weighted by Crippen LogP contribution is -2.36. The molecule has 0 spiro atoms. The molecule has 1 aliphatic carbocycles. The lowest BCUT2D eigenvalue weighted by atomic mass is 10.1. The molecule has 1 aromatic rings. The molecule has 3 N–H and O–H groups in total. The molecule has 0 aliphatic heterocycles. The summed E-state index contributed by atoms with van der Waals surface area (Å²) in [6.45, 7) is 3.79. The van der Waals surface area contributed by atoms with E-state index in [9.17, 15) is 9.59 Å². The van der Waals surface area contributed by atoms with Gasteiger partial charge in [0.2, 0.25) is 11.8 Å². The van der Waals surface area contributed by atoms with Gasteiger partial charge in [-0.3, -0.25) is 9.59 Å². The van der Waals surface area contributed by atoms with Crippen molar-refractivity contribution in [3.05, 3.63) is 29.8 Å². The topological polar surface area (TPSA) is 70.2 Å². The van der Waals surface area contributed by atoms with Crippen LogP contribution in [0.5, 0.6) is 0 Å². The Morgan fingerprint density at radius 3 is 2.75 bits per heavy atom. The second-order valence-corrected chi connectivity index (χ2v) is 5.25. The minimum absolute atomic E-state index is 0.0392. The first-order valence-electron chi connectivity index (χ1n) is 6.95. The SMILES string of the molecule is CC(=O)Nc1cccc(C(C)NCC(=O)NC2CC2)c1. The van der Waals surface area contributed by atoms with Gasteiger partial charge in [0.05, 0.1) is 6.54 Å². The standard InChI is InChI=1S/C15H21N3O2/c1-10(16-9-15(20)18-13-6-7-13)12-4-3-5-14(8-12)17-11(2)19/h3-5,8,10,13,16H,6-7,9H2,1-2H3,(H,17,19)(H,18,20). The van der Waals surface area contributed by atoms with Crippen molar-refractivity contribution in [3.63, 3.8) is 0 Å². The Hall–Kier alpha value is -1.88. The Balaban J connectivity index is 1.85. The van der Waals surface area contributed by atoms with Crippen LogP contribution in [0.15, 0.2) is 24.3 Å². The van der Waals surface area contributed by atoms with Gasteiger partial charge in [0.15, 0.2) is 0 Å². The Labute approximate surface area is 119 Å². The first kappa shape index (κ1) is 14.5. The monoisotopic (exact) mass is 275 g/mol. The molecule has 0 radical (unpaired) electrons. The summed E-state index contributed by atoms with van der Waals surface area (Å²) in [6.07, 6.45) is 2.19. The first-order chi connectivity index (χ1) is 9.54. The van der Waals surface area contributed by atoms with Crippen molar-refractivity contribution in [1.29, 1.82) is 0 Å². The van der Waals surface area contributed by atoms with Crippen LogP contribution in [0, 0.1) is 0 Å². The fraction of sp³-hybridized carbons (Fsp3) is 0.467. The second-order valence-electron chi connectivity index (χ2n) is 5.25. The molecule has 1 saturated carbocycles. The fourth-order valence-corrected chi connectivity index (χ4v) is 1.96. The minimum atomic E-state index is -0.0911. The summed E-state index contributed by atoms with van der Waals surface area (Å²) in [6, 6.07) is 8.07. The number of carbonyl (C=O) groups is 2. The molecule has 0 bridgehead atoms. The van der Waals surface area contributed by atoms with Gasteiger partial charge >= 0.3 is 0 Å². The van der Waals surface area contributed by atoms with Crippen LogP contribution in [0.3, 0.4) is 0 Å². The van der Waals surface area contributed by atoms with Gasteiger partial charge in [-0.2, -0.15) is 0 Å². The molecular weight excluding hydrogens is 254 g/mol. The van der Waals surface area contributed by atoms with Crippen LogP contribution < -0.4 is 16.0 Å². The average molecular weight is 275 g/mol. The van der Waals surface area contributed by atoms with Gasteiger partial charge in [0, 0.05) is 24.7 Å². The molecule has 0 heterocycles. The van der Waals surface area contributed by atoms with Crippen LogP contribution in [-0.2, 0) is 9.59 Å². The van der Waals surface area contributed by atoms with Crippen LogP contribution in [0.2, 0.25) is 0 Å². The summed E-state index contributed by atoms with van der Waals surface area (Å²) < 4.78 is 0. The summed E-state index contributed by atoms with van der Waals surface area (Å²) in [4.78, 5) is 22.6. The van der Waals surface area contributed by atoms with E-state index in [0.717, 1.165) is 24.1 Å². The maximum absolute atomic E-state index is 11.6. The first-order valence-corrected chi connectivity index (χ1v) is 6.95. The zero-order valence-electron chi connectivity index (χ0n) is 11.9. The molecule has 1 atom stereocenters. The van der Waals surface area contributed by atoms with Crippen LogP contribution in [0.25, 0.3) is 0 Å². The number of rotatable bonds is 6. The van der Waals surface area contributed by atoms with Crippen molar-refractivity contribution < 1.29 is 9.59 Å². The summed E-state index contributed by atoms with van der Waals surface area (Å²) in [5, 5.41) is 8.88. The molecular formula is C15H21N3O2. The van der Waals surface area contributed by atoms with Crippen LogP contribution in [0.1, 0.15) is 38.3 Å². The van der Waals surface area contributed by atoms with Crippen molar-refractivity contribution in [3.8, 4) is 0 Å². The lowest BCUT2D eigenvalue weighted by molar-refractivity contribution is -0.120. The molecule has 1 aromatic carbocycles. The number of hydrogen-bond donors (Lipinski definition) is 3. The summed E-state index contributed by atoms with van der Waals surface area (Å²) in [7, 11) is 0. The molecule has 108 valence electrons. The van der Waals surface area contributed by atoms with E-state index >= 15 is 0 Å². The van der Waals surface area contributed by atoms with E-state index in [4.69, 9.17) is 0 Å². The van der Waals surface area contributed by atoms with E-state index in [2.05, 4.69) is 16.0 Å². The quantitative estimate of drug-likeness (QED) is 0.738. The molecule has 2 amide bonds. The van der Waals surface area contributed by atoms with Gasteiger partial charge in [-0.15, -0.1) is 0 Å². The summed E-state index contributed by atoms with van der Waals surface area (Å²) in [5.74, 6) is -0.0519. The van der Waals surface area contributed by atoms with Crippen LogP contribution >= 0.6 is 0 Å². The van der Waals surface area contributed by atoms with Crippen LogP contribution in [0.4, 0.5) is 5.69 Å². The molecule has 1 aliphatic rings. The Morgan fingerprint density at radius 1 is 1.35 bits per heavy atom. The Morgan fingerprint density at radius 2 is 2.10 bits per heavy atom. The number of anilines is 1. The number of benzene rings is 1. The average Bonchev–Trinajstić information content (AvgIpc) is 3.19. The Bertz CT molecular complexity index is 498. The molecule has 5 heteroatoms. The van der Waals surface area contributed by atoms with Crippen LogP contribution in [-0.4, -0.2) is 24.4 Å². The third-order valence-electron chi connectivity index (χ3n) is 3.22. The van der Waals surface area contributed by atoms with E-state index in [-0.39, 0.29) is 17.9 Å². The van der Waals surface area contributed by atoms with Gasteiger partial charge < -0.3 is 16.0 Å². The van der Waals surface area contributed by atoms with Gasteiger partial charge in [0.25, 0.3) is 0 Å². The third kappa shape index (κ3) is 4.66. The highest BCUT2D eigenvalue weighted by Crippen LogP contribution is 2.19. The highest BCUT2D eigenvalue weighted by atomic mass is 16.2. The number of amides is 2. The highest BCUT2D eigenvalue weighted by Gasteiger charge is 2.23. The lowest BCUT2D eigenvalue weighted by Gasteiger charge is -2.15. The normalized spacial score (nSPS) is 15.5. The summed E-state index contributed by atoms with van der Waals surface area (Å²) in [5.41, 5.74) is 1.81. The molecule has 20 heavy (non-hydrogen) atoms. The van der Waals surface area contributed by atoms with E-state index in [1.807, 2.05) is 31.2 Å². The van der Waals surface area contributed by atoms with Gasteiger partial charge in [-0.05, 0) is 37.5 Å². The highest BCUT2D eigenvalue weighted by molar-refractivity contribution is 5.88. The third-order valence-corrected chi connectivity index (χ3v) is 3.22. The predicted octanol–water partition coefficient (Wildman–Crippen LogP) is 1.57. The molecule has 1 unspecified atom stereocenters. The maximum atomic E-state index is 11.6. The minimum Gasteiger partial charge on any atom is -0.352 e. The van der Waals surface area contributed by atoms with E-state index in [1.165, 1.54) is 6.92 Å². The number of carbonyl (C=O) groups excluding carboxylic acids is 2. The second kappa shape index (κ2) is 6.52. The van der Waals surface area contributed by atoms with E-state index < -0.39 is 0 Å². The molecule has 1 fully saturated rings. The fourth-order valence-electron chi connectivity index (χ4n) is 1.96. The predicted molar refractivity (Wildman–Crippen MR) is 78.3 cm³/mol. The van der Waals surface area contributed by atoms with Gasteiger partial charge in [-0.25, -0.2) is 0 Å². The molecule has 0 saturated heterocycles. The zero-order valence-corrected chi connectivity index (χ0v) is 11.9. The van der Waals surface area contributed by atoms with Crippen molar-refractivity contribution in [2.24, 2.45) is 0 Å². The smallest absolute Gasteiger partial charge is 0.234 e. The largest absolute Gasteiger partial charge is 0.352 e. The van der Waals surface area contributed by atoms with Gasteiger partial charge in [-0.1, -0.05) is 12.1 Å². The van der Waals surface area contributed by atoms with Crippen molar-refractivity contribution in [2.45, 2.75) is 38.8 Å². The molecule has 0 aromatic heterocycles. The number of hydrogen-bond acceptors (Lipinski definition) is 3. The number of nitrogens with one attached hydrogen (secondary N) is 3. The van der Waals surface area contributed by atoms with E-state index in [0.29, 0.717) is 12.6 Å². The van der Waals surface area contributed by atoms with E-state index in [1.54, 1.807) is 0 Å². The summed E-state index contributed by atoms with van der Waals surface area (Å²) >= 11 is 0. The Kier molecular flexibility index (Phi) is 4.74. The van der Waals surface area contributed by atoms with Crippen molar-refractivity contribution >= 4 is 17.5 Å². The van der Waals surface area contributed by atoms with Gasteiger partial charge in [0.1, 0.15) is 0 Å². The van der Waals surface area contributed by atoms with Crippen molar-refractivity contribution in [2.75, 3.05) is 11.9 Å². The molecule has 5 nitrogen and oxygen atoms in total. The zero-order chi connectivity index (χ0) is 14.5. The maximum Gasteiger partial charge on any atom is 0.234 e. The molecule has 2 rings (SSSR count).